The highest BCUT2D eigenvalue weighted by molar-refractivity contribution is 5.94. The van der Waals surface area contributed by atoms with E-state index in [-0.39, 0.29) is 5.91 Å². The lowest BCUT2D eigenvalue weighted by molar-refractivity contribution is 0.0678. The smallest absolute Gasteiger partial charge is 0.254 e. The van der Waals surface area contributed by atoms with Gasteiger partial charge in [-0.2, -0.15) is 0 Å². The third kappa shape index (κ3) is 5.02. The van der Waals surface area contributed by atoms with Crippen molar-refractivity contribution in [3.8, 4) is 11.3 Å². The third-order valence-corrected chi connectivity index (χ3v) is 4.46. The summed E-state index contributed by atoms with van der Waals surface area (Å²) in [5, 5.41) is 0. The molecule has 1 aromatic carbocycles. The molecule has 2 heterocycles. The number of methoxy groups -OCH3 is 1. The minimum Gasteiger partial charge on any atom is -0.383 e. The van der Waals surface area contributed by atoms with E-state index in [9.17, 15) is 4.79 Å². The van der Waals surface area contributed by atoms with Crippen LogP contribution in [0.4, 0.5) is 0 Å². The van der Waals surface area contributed by atoms with Crippen LogP contribution >= 0.6 is 0 Å². The molecule has 0 unspecified atom stereocenters. The normalized spacial score (nSPS) is 10.7. The molecule has 0 saturated heterocycles. The van der Waals surface area contributed by atoms with E-state index in [2.05, 4.69) is 23.0 Å². The molecule has 2 aromatic heterocycles. The summed E-state index contributed by atoms with van der Waals surface area (Å²) >= 11 is 0. The maximum atomic E-state index is 13.0. The number of aryl methyl sites for hydroxylation is 2. The lowest BCUT2D eigenvalue weighted by atomic mass is 10.1. The van der Waals surface area contributed by atoms with E-state index in [1.165, 1.54) is 5.56 Å². The Morgan fingerprint density at radius 1 is 1.07 bits per heavy atom. The van der Waals surface area contributed by atoms with Gasteiger partial charge in [-0.25, -0.2) is 0 Å². The molecule has 0 aliphatic carbocycles. The quantitative estimate of drug-likeness (QED) is 0.625. The minimum absolute atomic E-state index is 0.0392. The number of carbonyl (C=O) groups excluding carboxylic acids is 1. The third-order valence-electron chi connectivity index (χ3n) is 4.46. The first kappa shape index (κ1) is 19.7. The van der Waals surface area contributed by atoms with Gasteiger partial charge in [-0.1, -0.05) is 18.2 Å². The van der Waals surface area contributed by atoms with Crippen molar-refractivity contribution in [3.63, 3.8) is 0 Å². The number of pyridine rings is 2. The average molecular weight is 375 g/mol. The molecule has 0 saturated carbocycles. The first-order valence-corrected chi connectivity index (χ1v) is 9.30. The Kier molecular flexibility index (Phi) is 6.50. The molecule has 5 heteroatoms. The van der Waals surface area contributed by atoms with Crippen LogP contribution in [-0.4, -0.2) is 41.0 Å². The Labute approximate surface area is 166 Å². The van der Waals surface area contributed by atoms with Crippen molar-refractivity contribution >= 4 is 5.91 Å². The number of aromatic nitrogens is 2. The van der Waals surface area contributed by atoms with E-state index in [1.807, 2.05) is 55.5 Å². The summed E-state index contributed by atoms with van der Waals surface area (Å²) in [7, 11) is 1.63. The number of carbonyl (C=O) groups is 1. The Morgan fingerprint density at radius 2 is 1.86 bits per heavy atom. The predicted octanol–water partition coefficient (Wildman–Crippen LogP) is 4.05. The van der Waals surface area contributed by atoms with Crippen LogP contribution < -0.4 is 0 Å². The van der Waals surface area contributed by atoms with Crippen LogP contribution in [0.3, 0.4) is 0 Å². The van der Waals surface area contributed by atoms with Crippen LogP contribution in [0.5, 0.6) is 0 Å². The Balaban J connectivity index is 1.80. The van der Waals surface area contributed by atoms with Gasteiger partial charge < -0.3 is 9.64 Å². The van der Waals surface area contributed by atoms with E-state index in [0.717, 1.165) is 22.6 Å². The van der Waals surface area contributed by atoms with E-state index >= 15 is 0 Å². The number of rotatable bonds is 7. The Bertz CT molecular complexity index is 904. The average Bonchev–Trinajstić information content (AvgIpc) is 2.71. The van der Waals surface area contributed by atoms with E-state index < -0.39 is 0 Å². The molecular weight excluding hydrogens is 350 g/mol. The van der Waals surface area contributed by atoms with Crippen LogP contribution in [0.1, 0.15) is 27.3 Å². The molecule has 1 amide bonds. The molecule has 5 nitrogen and oxygen atoms in total. The number of hydrogen-bond donors (Lipinski definition) is 0. The summed E-state index contributed by atoms with van der Waals surface area (Å²) in [4.78, 5) is 23.7. The van der Waals surface area contributed by atoms with Crippen molar-refractivity contribution in [1.82, 2.24) is 14.9 Å². The van der Waals surface area contributed by atoms with Crippen molar-refractivity contribution in [2.24, 2.45) is 0 Å². The lowest BCUT2D eigenvalue weighted by Crippen LogP contribution is -2.33. The summed E-state index contributed by atoms with van der Waals surface area (Å²) in [6.45, 7) is 5.47. The second-order valence-corrected chi connectivity index (χ2v) is 6.79. The van der Waals surface area contributed by atoms with Crippen molar-refractivity contribution in [2.75, 3.05) is 20.3 Å². The molecule has 0 radical (unpaired) electrons. The van der Waals surface area contributed by atoms with Gasteiger partial charge in [-0.15, -0.1) is 0 Å². The first-order valence-electron chi connectivity index (χ1n) is 9.30. The highest BCUT2D eigenvalue weighted by Gasteiger charge is 2.17. The standard InChI is InChI=1S/C23H25N3O2/c1-17-14-18(2)25-22(15-17)19-7-9-20(10-8-19)23(27)26(12-13-28-3)16-21-6-4-5-11-24-21/h4-11,14-15H,12-13,16H2,1-3H3. The summed E-state index contributed by atoms with van der Waals surface area (Å²) in [6.07, 6.45) is 1.74. The first-order chi connectivity index (χ1) is 13.6. The molecule has 0 bridgehead atoms. The summed E-state index contributed by atoms with van der Waals surface area (Å²) < 4.78 is 5.17. The van der Waals surface area contributed by atoms with Gasteiger partial charge in [0.05, 0.1) is 24.5 Å². The van der Waals surface area contributed by atoms with Crippen LogP contribution in [-0.2, 0) is 11.3 Å². The van der Waals surface area contributed by atoms with Gasteiger partial charge in [-0.3, -0.25) is 14.8 Å². The molecule has 144 valence electrons. The molecule has 0 spiro atoms. The van der Waals surface area contributed by atoms with Crippen molar-refractivity contribution in [2.45, 2.75) is 20.4 Å². The zero-order valence-electron chi connectivity index (χ0n) is 16.6. The van der Waals surface area contributed by atoms with Crippen LogP contribution in [0, 0.1) is 13.8 Å². The highest BCUT2D eigenvalue weighted by atomic mass is 16.5. The number of hydrogen-bond acceptors (Lipinski definition) is 4. The molecule has 0 fully saturated rings. The monoisotopic (exact) mass is 375 g/mol. The second kappa shape index (κ2) is 9.24. The number of ether oxygens (including phenoxy) is 1. The van der Waals surface area contributed by atoms with Gasteiger partial charge in [-0.05, 0) is 55.8 Å². The molecule has 0 aliphatic heterocycles. The van der Waals surface area contributed by atoms with Crippen LogP contribution in [0.2, 0.25) is 0 Å². The van der Waals surface area contributed by atoms with Crippen molar-refractivity contribution < 1.29 is 9.53 Å². The number of benzene rings is 1. The maximum Gasteiger partial charge on any atom is 0.254 e. The van der Waals surface area contributed by atoms with E-state index in [1.54, 1.807) is 18.2 Å². The molecule has 0 N–H and O–H groups in total. The van der Waals surface area contributed by atoms with Gasteiger partial charge in [0, 0.05) is 36.7 Å². The molecule has 28 heavy (non-hydrogen) atoms. The fourth-order valence-electron chi connectivity index (χ4n) is 3.10. The van der Waals surface area contributed by atoms with Gasteiger partial charge in [0.2, 0.25) is 0 Å². The fraction of sp³-hybridized carbons (Fsp3) is 0.261. The van der Waals surface area contributed by atoms with Gasteiger partial charge in [0.1, 0.15) is 0 Å². The zero-order chi connectivity index (χ0) is 19.9. The Morgan fingerprint density at radius 3 is 2.50 bits per heavy atom. The minimum atomic E-state index is -0.0392. The number of nitrogens with zero attached hydrogens (tertiary/aromatic N) is 3. The lowest BCUT2D eigenvalue weighted by Gasteiger charge is -2.22. The highest BCUT2D eigenvalue weighted by Crippen LogP contribution is 2.20. The molecule has 0 aliphatic rings. The van der Waals surface area contributed by atoms with Gasteiger partial charge >= 0.3 is 0 Å². The largest absolute Gasteiger partial charge is 0.383 e. The maximum absolute atomic E-state index is 13.0. The molecule has 3 aromatic rings. The van der Waals surface area contributed by atoms with Crippen molar-refractivity contribution in [1.29, 1.82) is 0 Å². The molecule has 0 atom stereocenters. The van der Waals surface area contributed by atoms with E-state index in [0.29, 0.717) is 25.3 Å². The van der Waals surface area contributed by atoms with Crippen molar-refractivity contribution in [3.05, 3.63) is 83.3 Å². The van der Waals surface area contributed by atoms with E-state index in [4.69, 9.17) is 4.74 Å². The Hall–Kier alpha value is -3.05. The summed E-state index contributed by atoms with van der Waals surface area (Å²) in [6, 6.07) is 17.4. The summed E-state index contributed by atoms with van der Waals surface area (Å²) in [5.74, 6) is -0.0392. The number of amides is 1. The van der Waals surface area contributed by atoms with Crippen LogP contribution in [0.25, 0.3) is 11.3 Å². The van der Waals surface area contributed by atoms with Gasteiger partial charge in [0.15, 0.2) is 0 Å². The van der Waals surface area contributed by atoms with Gasteiger partial charge in [0.25, 0.3) is 5.91 Å². The SMILES string of the molecule is COCCN(Cc1ccccn1)C(=O)c1ccc(-c2cc(C)cc(C)n2)cc1. The second-order valence-electron chi connectivity index (χ2n) is 6.79. The fourth-order valence-corrected chi connectivity index (χ4v) is 3.10. The zero-order valence-corrected chi connectivity index (χ0v) is 16.6. The topological polar surface area (TPSA) is 55.3 Å². The molecular formula is C23H25N3O2. The van der Waals surface area contributed by atoms with Crippen LogP contribution in [0.15, 0.2) is 60.8 Å². The molecule has 3 rings (SSSR count). The summed E-state index contributed by atoms with van der Waals surface area (Å²) in [5.41, 5.74) is 5.56. The predicted molar refractivity (Wildman–Crippen MR) is 110 cm³/mol.